The fourth-order valence-corrected chi connectivity index (χ4v) is 2.67. The van der Waals surface area contributed by atoms with Gasteiger partial charge in [0.2, 0.25) is 0 Å². The standard InChI is InChI=1S/C19H24N4O6/c24-16-10-6-8-14(22(16)28)18(26)20-12-4-2-1-3-5-13-21-19(27)15-9-7-11-17(25)23(15)29/h6-11,28-29H,1-5,12-13H2,(H,20,26)(H,21,27). The van der Waals surface area contributed by atoms with Crippen LogP contribution in [0.4, 0.5) is 0 Å². The summed E-state index contributed by atoms with van der Waals surface area (Å²) in [6.07, 6.45) is 4.11. The SMILES string of the molecule is O=C(NCCCCCCCNC(=O)c1cccc(=O)n1O)c1cccc(=O)n1O. The number of pyridine rings is 2. The summed E-state index contributed by atoms with van der Waals surface area (Å²) >= 11 is 0. The van der Waals surface area contributed by atoms with Gasteiger partial charge in [-0.3, -0.25) is 19.2 Å². The van der Waals surface area contributed by atoms with E-state index in [4.69, 9.17) is 0 Å². The van der Waals surface area contributed by atoms with Gasteiger partial charge in [-0.1, -0.05) is 31.4 Å². The molecule has 0 aliphatic rings. The summed E-state index contributed by atoms with van der Waals surface area (Å²) in [6.45, 7) is 0.835. The second kappa shape index (κ2) is 10.7. The first-order valence-corrected chi connectivity index (χ1v) is 9.31. The number of amides is 2. The van der Waals surface area contributed by atoms with E-state index in [1.165, 1.54) is 24.3 Å². The minimum Gasteiger partial charge on any atom is -0.425 e. The first kappa shape index (κ1) is 21.7. The number of carbonyl (C=O) groups excluding carboxylic acids is 2. The third-order valence-corrected chi connectivity index (χ3v) is 4.25. The molecule has 0 aliphatic heterocycles. The number of carbonyl (C=O) groups is 2. The van der Waals surface area contributed by atoms with Crippen LogP contribution in [0.3, 0.4) is 0 Å². The lowest BCUT2D eigenvalue weighted by Crippen LogP contribution is -2.31. The van der Waals surface area contributed by atoms with Crippen molar-refractivity contribution in [3.8, 4) is 0 Å². The lowest BCUT2D eigenvalue weighted by atomic mass is 10.1. The number of rotatable bonds is 10. The van der Waals surface area contributed by atoms with E-state index < -0.39 is 22.9 Å². The van der Waals surface area contributed by atoms with Crippen molar-refractivity contribution in [1.82, 2.24) is 20.1 Å². The molecular formula is C19H24N4O6. The van der Waals surface area contributed by atoms with Crippen LogP contribution in [-0.2, 0) is 0 Å². The van der Waals surface area contributed by atoms with E-state index in [2.05, 4.69) is 10.6 Å². The van der Waals surface area contributed by atoms with Crippen LogP contribution in [0.5, 0.6) is 0 Å². The molecule has 2 heterocycles. The molecule has 0 saturated heterocycles. The highest BCUT2D eigenvalue weighted by Gasteiger charge is 2.11. The molecule has 2 rings (SSSR count). The molecular weight excluding hydrogens is 380 g/mol. The van der Waals surface area contributed by atoms with Gasteiger partial charge in [0.15, 0.2) is 0 Å². The van der Waals surface area contributed by atoms with Crippen molar-refractivity contribution >= 4 is 11.8 Å². The third-order valence-electron chi connectivity index (χ3n) is 4.25. The number of unbranched alkanes of at least 4 members (excludes halogenated alkanes) is 4. The molecule has 0 saturated carbocycles. The van der Waals surface area contributed by atoms with Crippen molar-refractivity contribution in [2.45, 2.75) is 32.1 Å². The Morgan fingerprint density at radius 2 is 1.07 bits per heavy atom. The minimum absolute atomic E-state index is 0.111. The molecule has 156 valence electrons. The Balaban J connectivity index is 1.56. The normalized spacial score (nSPS) is 10.5. The van der Waals surface area contributed by atoms with Crippen LogP contribution in [0.2, 0.25) is 0 Å². The molecule has 4 N–H and O–H groups in total. The summed E-state index contributed by atoms with van der Waals surface area (Å²) in [5.41, 5.74) is -1.56. The number of nitrogens with one attached hydrogen (secondary N) is 2. The topological polar surface area (TPSA) is 143 Å². The van der Waals surface area contributed by atoms with E-state index in [1.54, 1.807) is 0 Å². The summed E-state index contributed by atoms with van der Waals surface area (Å²) in [7, 11) is 0. The Hall–Kier alpha value is -3.56. The summed E-state index contributed by atoms with van der Waals surface area (Å²) in [5, 5.41) is 24.3. The maximum absolute atomic E-state index is 11.9. The van der Waals surface area contributed by atoms with E-state index in [9.17, 15) is 29.6 Å². The molecule has 0 aromatic carbocycles. The summed E-state index contributed by atoms with van der Waals surface area (Å²) in [6, 6.07) is 7.83. The Bertz CT molecular complexity index is 888. The highest BCUT2D eigenvalue weighted by molar-refractivity contribution is 5.92. The third kappa shape index (κ3) is 6.23. The number of hydrogen-bond donors (Lipinski definition) is 4. The second-order valence-corrected chi connectivity index (χ2v) is 6.40. The van der Waals surface area contributed by atoms with Gasteiger partial charge >= 0.3 is 0 Å². The van der Waals surface area contributed by atoms with Gasteiger partial charge in [-0.25, -0.2) is 0 Å². The fraction of sp³-hybridized carbons (Fsp3) is 0.368. The molecule has 0 bridgehead atoms. The second-order valence-electron chi connectivity index (χ2n) is 6.40. The quantitative estimate of drug-likeness (QED) is 0.337. The Labute approximate surface area is 166 Å². The lowest BCUT2D eigenvalue weighted by molar-refractivity contribution is 0.0882. The number of hydrogen-bond acceptors (Lipinski definition) is 6. The predicted octanol–water partition coefficient (Wildman–Crippen LogP) is 0.595. The van der Waals surface area contributed by atoms with Crippen LogP contribution in [-0.4, -0.2) is 44.8 Å². The zero-order chi connectivity index (χ0) is 21.2. The molecule has 0 unspecified atom stereocenters. The first-order chi connectivity index (χ1) is 13.9. The van der Waals surface area contributed by atoms with E-state index in [1.807, 2.05) is 0 Å². The largest absolute Gasteiger partial charge is 0.425 e. The molecule has 2 amide bonds. The monoisotopic (exact) mass is 404 g/mol. The Morgan fingerprint density at radius 3 is 1.48 bits per heavy atom. The average molecular weight is 404 g/mol. The Kier molecular flexibility index (Phi) is 8.01. The van der Waals surface area contributed by atoms with Gasteiger partial charge in [-0.05, 0) is 25.0 Å². The molecule has 10 heteroatoms. The molecule has 0 fully saturated rings. The van der Waals surface area contributed by atoms with Crippen molar-refractivity contribution in [3.05, 3.63) is 68.5 Å². The number of aromatic nitrogens is 2. The molecule has 29 heavy (non-hydrogen) atoms. The molecule has 2 aromatic rings. The first-order valence-electron chi connectivity index (χ1n) is 9.31. The predicted molar refractivity (Wildman–Crippen MR) is 104 cm³/mol. The van der Waals surface area contributed by atoms with Gasteiger partial charge in [0.25, 0.3) is 22.9 Å². The van der Waals surface area contributed by atoms with E-state index in [0.29, 0.717) is 22.6 Å². The fourth-order valence-electron chi connectivity index (χ4n) is 2.67. The van der Waals surface area contributed by atoms with Crippen LogP contribution in [0.15, 0.2) is 46.0 Å². The minimum atomic E-state index is -0.667. The highest BCUT2D eigenvalue weighted by Crippen LogP contribution is 2.03. The summed E-state index contributed by atoms with van der Waals surface area (Å²) in [5.74, 6) is -1.03. The summed E-state index contributed by atoms with van der Waals surface area (Å²) in [4.78, 5) is 46.4. The van der Waals surface area contributed by atoms with Crippen molar-refractivity contribution in [2.75, 3.05) is 13.1 Å². The molecule has 0 atom stereocenters. The molecule has 10 nitrogen and oxygen atoms in total. The Morgan fingerprint density at radius 1 is 0.690 bits per heavy atom. The molecule has 0 aliphatic carbocycles. The zero-order valence-corrected chi connectivity index (χ0v) is 15.8. The average Bonchev–Trinajstić information content (AvgIpc) is 2.70. The van der Waals surface area contributed by atoms with Crippen LogP contribution in [0, 0.1) is 0 Å². The zero-order valence-electron chi connectivity index (χ0n) is 15.8. The smallest absolute Gasteiger partial charge is 0.283 e. The van der Waals surface area contributed by atoms with Crippen LogP contribution < -0.4 is 21.8 Å². The van der Waals surface area contributed by atoms with Crippen LogP contribution in [0.25, 0.3) is 0 Å². The number of nitrogens with zero attached hydrogens (tertiary/aromatic N) is 2. The van der Waals surface area contributed by atoms with Crippen molar-refractivity contribution < 1.29 is 20.0 Å². The van der Waals surface area contributed by atoms with Crippen molar-refractivity contribution in [3.63, 3.8) is 0 Å². The van der Waals surface area contributed by atoms with Gasteiger partial charge in [0.05, 0.1) is 0 Å². The van der Waals surface area contributed by atoms with Gasteiger partial charge in [0.1, 0.15) is 11.4 Å². The maximum atomic E-state index is 11.9. The lowest BCUT2D eigenvalue weighted by Gasteiger charge is -2.08. The van der Waals surface area contributed by atoms with Gasteiger partial charge in [-0.2, -0.15) is 0 Å². The highest BCUT2D eigenvalue weighted by atomic mass is 16.5. The van der Waals surface area contributed by atoms with E-state index >= 15 is 0 Å². The van der Waals surface area contributed by atoms with Gasteiger partial charge in [-0.15, -0.1) is 9.46 Å². The van der Waals surface area contributed by atoms with Gasteiger partial charge < -0.3 is 21.0 Å². The van der Waals surface area contributed by atoms with E-state index in [-0.39, 0.29) is 11.4 Å². The summed E-state index contributed by atoms with van der Waals surface area (Å²) < 4.78 is 0.629. The maximum Gasteiger partial charge on any atom is 0.283 e. The van der Waals surface area contributed by atoms with Crippen molar-refractivity contribution in [2.24, 2.45) is 0 Å². The van der Waals surface area contributed by atoms with E-state index in [0.717, 1.165) is 44.2 Å². The van der Waals surface area contributed by atoms with Crippen LogP contribution in [0.1, 0.15) is 53.1 Å². The van der Waals surface area contributed by atoms with Gasteiger partial charge in [0, 0.05) is 25.2 Å². The van der Waals surface area contributed by atoms with Crippen LogP contribution >= 0.6 is 0 Å². The molecule has 0 spiro atoms. The molecule has 0 radical (unpaired) electrons. The van der Waals surface area contributed by atoms with Crippen molar-refractivity contribution in [1.29, 1.82) is 0 Å². The molecule has 2 aromatic heterocycles.